The van der Waals surface area contributed by atoms with Crippen LogP contribution in [0, 0.1) is 34.6 Å². The van der Waals surface area contributed by atoms with Crippen LogP contribution < -0.4 is 4.57 Å². The first-order chi connectivity index (χ1) is 16.9. The lowest BCUT2D eigenvalue weighted by Crippen LogP contribution is -2.33. The van der Waals surface area contributed by atoms with E-state index in [9.17, 15) is 17.3 Å². The lowest BCUT2D eigenvalue weighted by molar-refractivity contribution is -0.537. The molecule has 0 fully saturated rings. The van der Waals surface area contributed by atoms with Crippen LogP contribution in [0.2, 0.25) is 0 Å². The number of aromatic nitrogens is 1. The predicted octanol–water partition coefficient (Wildman–Crippen LogP) is 8.78. The van der Waals surface area contributed by atoms with Crippen molar-refractivity contribution in [3.8, 4) is 16.8 Å². The summed E-state index contributed by atoms with van der Waals surface area (Å²) in [5.74, 6) is 0. The van der Waals surface area contributed by atoms with E-state index in [1.807, 2.05) is 0 Å². The Morgan fingerprint density at radius 1 is 0.528 bits per heavy atom. The van der Waals surface area contributed by atoms with Crippen LogP contribution in [-0.2, 0) is 0 Å². The molecule has 1 nitrogen and oxygen atoms in total. The number of hydrogen-bond acceptors (Lipinski definition) is 0. The van der Waals surface area contributed by atoms with E-state index in [2.05, 4.69) is 118 Å². The predicted molar refractivity (Wildman–Crippen MR) is 142 cm³/mol. The summed E-state index contributed by atoms with van der Waals surface area (Å²) in [6, 6.07) is 29.1. The van der Waals surface area contributed by atoms with E-state index in [-0.39, 0.29) is 0 Å². The molecule has 0 radical (unpaired) electrons. The molecule has 5 rings (SSSR count). The average Bonchev–Trinajstić information content (AvgIpc) is 2.77. The second kappa shape index (κ2) is 9.77. The molecule has 0 unspecified atom stereocenters. The van der Waals surface area contributed by atoms with Crippen molar-refractivity contribution in [3.63, 3.8) is 0 Å². The molecule has 0 aliphatic heterocycles. The van der Waals surface area contributed by atoms with Gasteiger partial charge in [0.25, 0.3) is 0 Å². The molecule has 6 heteroatoms. The zero-order valence-electron chi connectivity index (χ0n) is 21.0. The van der Waals surface area contributed by atoms with Crippen LogP contribution in [-0.4, -0.2) is 7.25 Å². The minimum Gasteiger partial charge on any atom is -0.418 e. The van der Waals surface area contributed by atoms with Gasteiger partial charge >= 0.3 is 7.25 Å². The van der Waals surface area contributed by atoms with Gasteiger partial charge in [-0.3, -0.25) is 0 Å². The van der Waals surface area contributed by atoms with Crippen LogP contribution in [0.1, 0.15) is 27.8 Å². The molecule has 1 aromatic heterocycles. The van der Waals surface area contributed by atoms with Gasteiger partial charge in [-0.2, -0.15) is 4.57 Å². The van der Waals surface area contributed by atoms with Crippen LogP contribution in [0.4, 0.5) is 17.3 Å². The molecule has 0 aliphatic rings. The summed E-state index contributed by atoms with van der Waals surface area (Å²) in [7, 11) is -6.00. The van der Waals surface area contributed by atoms with Gasteiger partial charge in [-0.1, -0.05) is 48.0 Å². The summed E-state index contributed by atoms with van der Waals surface area (Å²) in [5, 5.41) is 2.58. The van der Waals surface area contributed by atoms with E-state index in [0.717, 1.165) is 0 Å². The fourth-order valence-corrected chi connectivity index (χ4v) is 5.05. The Morgan fingerprint density at radius 3 is 1.42 bits per heavy atom. The fraction of sp³-hybridized carbons (Fsp3) is 0.167. The van der Waals surface area contributed by atoms with E-state index in [1.54, 1.807) is 0 Å². The minimum atomic E-state index is -6.00. The fourth-order valence-electron chi connectivity index (χ4n) is 5.05. The van der Waals surface area contributed by atoms with Crippen LogP contribution >= 0.6 is 0 Å². The van der Waals surface area contributed by atoms with Gasteiger partial charge in [0.15, 0.2) is 0 Å². The molecule has 1 heterocycles. The smallest absolute Gasteiger partial charge is 0.418 e. The summed E-state index contributed by atoms with van der Waals surface area (Å²) < 4.78 is 41.4. The number of para-hydroxylation sites is 1. The second-order valence-corrected chi connectivity index (χ2v) is 9.36. The van der Waals surface area contributed by atoms with Crippen molar-refractivity contribution in [1.82, 2.24) is 0 Å². The standard InChI is InChI=1S/C30H28N.BF4/c1-19-11-13-25-27(17-19)31(24-9-7-6-8-10-24)28-18-20(2)12-14-26(28)30(25)29-22(4)15-21(3)16-23(29)5;2-1(3,4)5/h6-18H,1-5H3;/q+1;-1. The maximum atomic E-state index is 9.75. The third-order valence-corrected chi connectivity index (χ3v) is 6.27. The van der Waals surface area contributed by atoms with Crippen molar-refractivity contribution in [2.24, 2.45) is 0 Å². The Bertz CT molecular complexity index is 1480. The molecule has 0 saturated carbocycles. The third-order valence-electron chi connectivity index (χ3n) is 6.27. The maximum absolute atomic E-state index is 9.75. The van der Waals surface area contributed by atoms with Gasteiger partial charge in [-0.05, 0) is 74.6 Å². The van der Waals surface area contributed by atoms with Gasteiger partial charge in [0, 0.05) is 29.8 Å². The highest BCUT2D eigenvalue weighted by molar-refractivity contribution is 6.50. The molecule has 0 aliphatic carbocycles. The highest BCUT2D eigenvalue weighted by atomic mass is 19.5. The van der Waals surface area contributed by atoms with Crippen LogP contribution in [0.15, 0.2) is 78.9 Å². The summed E-state index contributed by atoms with van der Waals surface area (Å²) >= 11 is 0. The number of fused-ring (bicyclic) bond motifs is 2. The van der Waals surface area contributed by atoms with E-state index >= 15 is 0 Å². The summed E-state index contributed by atoms with van der Waals surface area (Å²) in [6.45, 7) is 11.0. The van der Waals surface area contributed by atoms with Crippen molar-refractivity contribution in [2.75, 3.05) is 0 Å². The second-order valence-electron chi connectivity index (χ2n) is 9.36. The Morgan fingerprint density at radius 2 is 0.972 bits per heavy atom. The summed E-state index contributed by atoms with van der Waals surface area (Å²) in [6.07, 6.45) is 0. The summed E-state index contributed by atoms with van der Waals surface area (Å²) in [4.78, 5) is 0. The highest BCUT2D eigenvalue weighted by Crippen LogP contribution is 2.39. The molecule has 5 aromatic rings. The van der Waals surface area contributed by atoms with Gasteiger partial charge < -0.3 is 17.3 Å². The van der Waals surface area contributed by atoms with Crippen molar-refractivity contribution < 1.29 is 21.8 Å². The molecule has 0 saturated heterocycles. The molecule has 4 aromatic carbocycles. The van der Waals surface area contributed by atoms with Gasteiger partial charge in [-0.15, -0.1) is 0 Å². The molecule has 0 atom stereocenters. The van der Waals surface area contributed by atoms with Gasteiger partial charge in [0.05, 0.1) is 10.8 Å². The van der Waals surface area contributed by atoms with Crippen LogP contribution in [0.25, 0.3) is 38.6 Å². The quantitative estimate of drug-likeness (QED) is 0.101. The van der Waals surface area contributed by atoms with Crippen molar-refractivity contribution in [2.45, 2.75) is 34.6 Å². The van der Waals surface area contributed by atoms with Crippen LogP contribution in [0.3, 0.4) is 0 Å². The van der Waals surface area contributed by atoms with Gasteiger partial charge in [0.2, 0.25) is 16.7 Å². The zero-order valence-corrected chi connectivity index (χ0v) is 21.0. The Kier molecular flexibility index (Phi) is 6.90. The number of halogens is 4. The third kappa shape index (κ3) is 5.28. The number of nitrogens with zero attached hydrogens (tertiary/aromatic N) is 1. The number of aryl methyl sites for hydroxylation is 5. The highest BCUT2D eigenvalue weighted by Gasteiger charge is 2.25. The van der Waals surface area contributed by atoms with E-state index < -0.39 is 7.25 Å². The van der Waals surface area contributed by atoms with Crippen molar-refractivity contribution in [3.05, 3.63) is 107 Å². The first-order valence-corrected chi connectivity index (χ1v) is 11.8. The number of pyridine rings is 1. The van der Waals surface area contributed by atoms with Crippen molar-refractivity contribution >= 4 is 29.1 Å². The molecule has 0 spiro atoms. The largest absolute Gasteiger partial charge is 0.673 e. The average molecular weight is 489 g/mol. The Hall–Kier alpha value is -3.67. The van der Waals surface area contributed by atoms with E-state index in [4.69, 9.17) is 0 Å². The first kappa shape index (κ1) is 25.4. The van der Waals surface area contributed by atoms with Gasteiger partial charge in [-0.25, -0.2) is 0 Å². The van der Waals surface area contributed by atoms with E-state index in [1.165, 1.54) is 66.4 Å². The number of benzene rings is 4. The number of rotatable bonds is 2. The monoisotopic (exact) mass is 489 g/mol. The zero-order chi connectivity index (χ0) is 26.2. The normalized spacial score (nSPS) is 11.5. The topological polar surface area (TPSA) is 3.88 Å². The van der Waals surface area contributed by atoms with Crippen LogP contribution in [0.5, 0.6) is 0 Å². The van der Waals surface area contributed by atoms with E-state index in [0.29, 0.717) is 0 Å². The first-order valence-electron chi connectivity index (χ1n) is 11.8. The lowest BCUT2D eigenvalue weighted by Gasteiger charge is -2.17. The molecule has 0 amide bonds. The molecular formula is C30H28BF4N. The number of hydrogen-bond donors (Lipinski definition) is 0. The minimum absolute atomic E-state index is 1.19. The Balaban J connectivity index is 0.000000556. The maximum Gasteiger partial charge on any atom is 0.673 e. The van der Waals surface area contributed by atoms with Gasteiger partial charge in [0.1, 0.15) is 0 Å². The summed E-state index contributed by atoms with van der Waals surface area (Å²) in [5.41, 5.74) is 12.9. The molecule has 184 valence electrons. The molecular weight excluding hydrogens is 461 g/mol. The Labute approximate surface area is 209 Å². The van der Waals surface area contributed by atoms with Crippen molar-refractivity contribution in [1.29, 1.82) is 0 Å². The SMILES string of the molecule is Cc1cc(C)c(-c2c3ccc(C)cc3[n+](-c3ccccc3)c3cc(C)ccc23)c(C)c1.F[B-](F)(F)F. The molecule has 0 bridgehead atoms. The lowest BCUT2D eigenvalue weighted by atomic mass is 9.88. The molecule has 36 heavy (non-hydrogen) atoms. The molecule has 0 N–H and O–H groups in total.